The van der Waals surface area contributed by atoms with Gasteiger partial charge in [-0.2, -0.15) is 0 Å². The Kier molecular flexibility index (Phi) is 7.14. The fourth-order valence-electron chi connectivity index (χ4n) is 9.35. The van der Waals surface area contributed by atoms with Gasteiger partial charge in [-0.1, -0.05) is 166 Å². The van der Waals surface area contributed by atoms with Crippen LogP contribution in [0.5, 0.6) is 0 Å². The summed E-state index contributed by atoms with van der Waals surface area (Å²) in [6.45, 7) is 4.79. The van der Waals surface area contributed by atoms with E-state index in [1.165, 1.54) is 91.9 Å². The number of hydrogen-bond acceptors (Lipinski definition) is 2. The second kappa shape index (κ2) is 12.3. The molecule has 1 aliphatic carbocycles. The molecule has 0 unspecified atom stereocenters. The first-order valence-corrected chi connectivity index (χ1v) is 19.9. The molecule has 9 aromatic carbocycles. The van der Waals surface area contributed by atoms with E-state index in [4.69, 9.17) is 0 Å². The molecular weight excluding hydrogens is 683 g/mol. The number of rotatable bonds is 5. The van der Waals surface area contributed by atoms with Crippen LogP contribution in [0.3, 0.4) is 0 Å². The molecule has 0 bridgehead atoms. The van der Waals surface area contributed by atoms with Gasteiger partial charge in [0.2, 0.25) is 0 Å². The van der Waals surface area contributed by atoms with Crippen molar-refractivity contribution in [3.8, 4) is 33.4 Å². The van der Waals surface area contributed by atoms with Gasteiger partial charge in [0, 0.05) is 32.0 Å². The van der Waals surface area contributed by atoms with Crippen LogP contribution in [0.25, 0.3) is 75.1 Å². The zero-order chi connectivity index (χ0) is 36.7. The average Bonchev–Trinajstić information content (AvgIpc) is 3.74. The summed E-state index contributed by atoms with van der Waals surface area (Å²) in [7, 11) is 0. The second-order valence-corrected chi connectivity index (χ2v) is 16.3. The summed E-state index contributed by atoms with van der Waals surface area (Å²) in [6.07, 6.45) is 0. The Labute approximate surface area is 325 Å². The van der Waals surface area contributed by atoms with Crippen molar-refractivity contribution in [2.75, 3.05) is 4.90 Å². The van der Waals surface area contributed by atoms with Gasteiger partial charge in [0.1, 0.15) is 0 Å². The molecule has 0 saturated carbocycles. The van der Waals surface area contributed by atoms with Crippen LogP contribution in [0.15, 0.2) is 188 Å². The third-order valence-electron chi connectivity index (χ3n) is 11.8. The molecule has 0 amide bonds. The summed E-state index contributed by atoms with van der Waals surface area (Å²) < 4.78 is 2.59. The van der Waals surface area contributed by atoms with Crippen LogP contribution in [0.2, 0.25) is 0 Å². The highest BCUT2D eigenvalue weighted by Crippen LogP contribution is 2.56. The monoisotopic (exact) mass is 719 g/mol. The van der Waals surface area contributed by atoms with Gasteiger partial charge in [-0.05, 0) is 97.1 Å². The normalized spacial score (nSPS) is 13.1. The van der Waals surface area contributed by atoms with E-state index in [0.717, 1.165) is 11.4 Å². The summed E-state index contributed by atoms with van der Waals surface area (Å²) in [5.41, 5.74) is 13.8. The minimum atomic E-state index is -0.124. The van der Waals surface area contributed by atoms with Crippen LogP contribution in [0.1, 0.15) is 25.0 Å². The SMILES string of the molecule is CC1(C)c2ccccc2-c2c(-c3ccc(N(c4cccc(-c5ccccc5)c4)c4cccc5c4sc4ccccc45)c4ccccc34)cc3ccccc3c21. The lowest BCUT2D eigenvalue weighted by atomic mass is 9.79. The van der Waals surface area contributed by atoms with Gasteiger partial charge in [-0.15, -0.1) is 11.3 Å². The Bertz CT molecular complexity index is 3130. The first-order chi connectivity index (χ1) is 27.1. The van der Waals surface area contributed by atoms with E-state index in [-0.39, 0.29) is 5.41 Å². The molecule has 0 saturated heterocycles. The van der Waals surface area contributed by atoms with Crippen LogP contribution >= 0.6 is 11.3 Å². The minimum absolute atomic E-state index is 0.124. The van der Waals surface area contributed by atoms with Crippen molar-refractivity contribution in [2.24, 2.45) is 0 Å². The smallest absolute Gasteiger partial charge is 0.0640 e. The van der Waals surface area contributed by atoms with Gasteiger partial charge in [0.25, 0.3) is 0 Å². The number of nitrogens with zero attached hydrogens (tertiary/aromatic N) is 1. The van der Waals surface area contributed by atoms with Crippen molar-refractivity contribution in [3.05, 3.63) is 199 Å². The Morgan fingerprint density at radius 3 is 1.98 bits per heavy atom. The first-order valence-electron chi connectivity index (χ1n) is 19.1. The van der Waals surface area contributed by atoms with E-state index >= 15 is 0 Å². The topological polar surface area (TPSA) is 3.24 Å². The van der Waals surface area contributed by atoms with Crippen molar-refractivity contribution in [2.45, 2.75) is 19.3 Å². The Morgan fingerprint density at radius 1 is 0.436 bits per heavy atom. The molecule has 10 aromatic rings. The largest absolute Gasteiger partial charge is 0.308 e. The third kappa shape index (κ3) is 4.85. The minimum Gasteiger partial charge on any atom is -0.308 e. The van der Waals surface area contributed by atoms with Gasteiger partial charge >= 0.3 is 0 Å². The molecule has 0 atom stereocenters. The number of hydrogen-bond donors (Lipinski definition) is 0. The summed E-state index contributed by atoms with van der Waals surface area (Å²) >= 11 is 1.88. The molecule has 0 spiro atoms. The molecule has 1 nitrogen and oxygen atoms in total. The van der Waals surface area contributed by atoms with Crippen LogP contribution in [0.4, 0.5) is 17.1 Å². The molecule has 1 heterocycles. The number of benzene rings is 9. The lowest BCUT2D eigenvalue weighted by Gasteiger charge is -2.29. The molecule has 11 rings (SSSR count). The zero-order valence-electron chi connectivity index (χ0n) is 30.8. The molecule has 1 aliphatic rings. The Balaban J connectivity index is 1.20. The zero-order valence-corrected chi connectivity index (χ0v) is 31.6. The standard InChI is InChI=1S/C53H37NS/c1-53(2)46-27-12-10-25-44(46)50-45(33-36-18-6-7-21-38(36)51(50)53)40-30-31-47(41-23-9-8-22-39(40)41)54(37-20-14-19-35(32-37)34-16-4-3-5-17-34)48-28-15-26-43-42-24-11-13-29-49(42)55-52(43)48/h3-33H,1-2H3. The van der Waals surface area contributed by atoms with Gasteiger partial charge in [-0.25, -0.2) is 0 Å². The predicted molar refractivity (Wildman–Crippen MR) is 237 cm³/mol. The van der Waals surface area contributed by atoms with E-state index in [9.17, 15) is 0 Å². The Hall–Kier alpha value is -6.48. The van der Waals surface area contributed by atoms with Gasteiger partial charge in [0.05, 0.1) is 16.1 Å². The fraction of sp³-hybridized carbons (Fsp3) is 0.0566. The summed E-state index contributed by atoms with van der Waals surface area (Å²) in [5.74, 6) is 0. The molecule has 1 aromatic heterocycles. The van der Waals surface area contributed by atoms with E-state index < -0.39 is 0 Å². The number of fused-ring (bicyclic) bond motifs is 9. The molecular formula is C53H37NS. The number of thiophene rings is 1. The summed E-state index contributed by atoms with van der Waals surface area (Å²) in [6, 6.07) is 69.5. The average molecular weight is 720 g/mol. The highest BCUT2D eigenvalue weighted by atomic mass is 32.1. The van der Waals surface area contributed by atoms with Crippen molar-refractivity contribution in [1.82, 2.24) is 0 Å². The molecule has 0 fully saturated rings. The maximum atomic E-state index is 2.50. The second-order valence-electron chi connectivity index (χ2n) is 15.2. The summed E-state index contributed by atoms with van der Waals surface area (Å²) in [4.78, 5) is 2.50. The van der Waals surface area contributed by atoms with Crippen LogP contribution in [0, 0.1) is 0 Å². The molecule has 2 heteroatoms. The van der Waals surface area contributed by atoms with Gasteiger partial charge in [0.15, 0.2) is 0 Å². The molecule has 0 aliphatic heterocycles. The summed E-state index contributed by atoms with van der Waals surface area (Å²) in [5, 5.41) is 7.67. The van der Waals surface area contributed by atoms with Crippen molar-refractivity contribution in [1.29, 1.82) is 0 Å². The van der Waals surface area contributed by atoms with E-state index in [1.54, 1.807) is 0 Å². The molecule has 55 heavy (non-hydrogen) atoms. The molecule has 0 radical (unpaired) electrons. The van der Waals surface area contributed by atoms with Gasteiger partial charge in [-0.3, -0.25) is 0 Å². The van der Waals surface area contributed by atoms with E-state index in [0.29, 0.717) is 0 Å². The lowest BCUT2D eigenvalue weighted by molar-refractivity contribution is 0.666. The van der Waals surface area contributed by atoms with Crippen molar-refractivity contribution < 1.29 is 0 Å². The molecule has 0 N–H and O–H groups in total. The van der Waals surface area contributed by atoms with Crippen LogP contribution < -0.4 is 4.90 Å². The van der Waals surface area contributed by atoms with Gasteiger partial charge < -0.3 is 4.90 Å². The van der Waals surface area contributed by atoms with Crippen LogP contribution in [-0.2, 0) is 5.41 Å². The maximum absolute atomic E-state index is 2.50. The van der Waals surface area contributed by atoms with Crippen molar-refractivity contribution >= 4 is 70.1 Å². The van der Waals surface area contributed by atoms with E-state index in [1.807, 2.05) is 11.3 Å². The highest BCUT2D eigenvalue weighted by Gasteiger charge is 2.38. The first kappa shape index (κ1) is 32.0. The lowest BCUT2D eigenvalue weighted by Crippen LogP contribution is -2.15. The van der Waals surface area contributed by atoms with Crippen molar-refractivity contribution in [3.63, 3.8) is 0 Å². The molecule has 260 valence electrons. The Morgan fingerprint density at radius 2 is 1.11 bits per heavy atom. The number of anilines is 3. The quantitative estimate of drug-likeness (QED) is 0.171. The van der Waals surface area contributed by atoms with E-state index in [2.05, 4.69) is 207 Å². The third-order valence-corrected chi connectivity index (χ3v) is 13.0. The maximum Gasteiger partial charge on any atom is 0.0640 e. The predicted octanol–water partition coefficient (Wildman–Crippen LogP) is 15.5. The fourth-order valence-corrected chi connectivity index (χ4v) is 10.6. The highest BCUT2D eigenvalue weighted by molar-refractivity contribution is 7.26. The van der Waals surface area contributed by atoms with Crippen LogP contribution in [-0.4, -0.2) is 0 Å².